The molecule has 7 heteroatoms. The quantitative estimate of drug-likeness (QED) is 0.694. The zero-order chi connectivity index (χ0) is 20.3. The highest BCUT2D eigenvalue weighted by molar-refractivity contribution is 7.10. The Morgan fingerprint density at radius 2 is 1.93 bits per heavy atom. The molecule has 1 amide bonds. The third-order valence-electron chi connectivity index (χ3n) is 5.94. The minimum atomic E-state index is -0.0690. The second-order valence-corrected chi connectivity index (χ2v) is 8.88. The van der Waals surface area contributed by atoms with Gasteiger partial charge in [-0.3, -0.25) is 4.79 Å². The summed E-state index contributed by atoms with van der Waals surface area (Å²) in [5.41, 5.74) is 3.40. The van der Waals surface area contributed by atoms with Crippen LogP contribution in [0.2, 0.25) is 0 Å². The van der Waals surface area contributed by atoms with Crippen LogP contribution < -0.4 is 15.1 Å². The first kappa shape index (κ1) is 19.1. The number of thiophene rings is 1. The van der Waals surface area contributed by atoms with Gasteiger partial charge >= 0.3 is 0 Å². The highest BCUT2D eigenvalue weighted by atomic mass is 32.1. The molecule has 1 fully saturated rings. The lowest BCUT2D eigenvalue weighted by atomic mass is 9.97. The van der Waals surface area contributed by atoms with Gasteiger partial charge in [0.2, 0.25) is 11.9 Å². The van der Waals surface area contributed by atoms with E-state index in [1.54, 1.807) is 12.4 Å². The zero-order valence-corrected chi connectivity index (χ0v) is 17.6. The first-order chi connectivity index (χ1) is 14.8. The molecule has 2 aliphatic heterocycles. The van der Waals surface area contributed by atoms with Gasteiger partial charge in [-0.25, -0.2) is 9.97 Å². The van der Waals surface area contributed by atoms with Crippen molar-refractivity contribution in [2.24, 2.45) is 5.92 Å². The van der Waals surface area contributed by atoms with Crippen molar-refractivity contribution in [3.63, 3.8) is 0 Å². The largest absolute Gasteiger partial charge is 0.365 e. The predicted molar refractivity (Wildman–Crippen MR) is 121 cm³/mol. The van der Waals surface area contributed by atoms with Gasteiger partial charge in [-0.15, -0.1) is 11.3 Å². The van der Waals surface area contributed by atoms with Crippen LogP contribution in [0, 0.1) is 5.92 Å². The first-order valence-corrected chi connectivity index (χ1v) is 11.4. The van der Waals surface area contributed by atoms with Crippen molar-refractivity contribution in [2.45, 2.75) is 25.8 Å². The Morgan fingerprint density at radius 3 is 2.83 bits per heavy atom. The Bertz CT molecular complexity index is 1020. The third kappa shape index (κ3) is 3.89. The summed E-state index contributed by atoms with van der Waals surface area (Å²) in [6.45, 7) is 3.42. The van der Waals surface area contributed by atoms with Crippen molar-refractivity contribution in [2.75, 3.05) is 34.8 Å². The molecular weight excluding hydrogens is 394 g/mol. The summed E-state index contributed by atoms with van der Waals surface area (Å²) >= 11 is 1.84. The molecular formula is C23H25N5OS. The molecule has 6 nitrogen and oxygen atoms in total. The monoisotopic (exact) mass is 419 g/mol. The number of amides is 1. The van der Waals surface area contributed by atoms with Crippen LogP contribution in [0.25, 0.3) is 0 Å². The Balaban J connectivity index is 1.30. The Labute approximate surface area is 180 Å². The van der Waals surface area contributed by atoms with Gasteiger partial charge in [-0.1, -0.05) is 12.1 Å². The molecule has 0 aliphatic carbocycles. The molecule has 0 spiro atoms. The van der Waals surface area contributed by atoms with E-state index < -0.39 is 0 Å². The van der Waals surface area contributed by atoms with Crippen LogP contribution in [-0.2, 0) is 17.8 Å². The zero-order valence-electron chi connectivity index (χ0n) is 16.8. The van der Waals surface area contributed by atoms with Crippen molar-refractivity contribution in [3.8, 4) is 0 Å². The molecule has 0 radical (unpaired) electrons. The molecule has 1 saturated heterocycles. The molecule has 5 rings (SSSR count). The summed E-state index contributed by atoms with van der Waals surface area (Å²) in [6, 6.07) is 12.2. The van der Waals surface area contributed by atoms with Gasteiger partial charge in [-0.2, -0.15) is 0 Å². The van der Waals surface area contributed by atoms with E-state index in [1.165, 1.54) is 10.4 Å². The molecule has 2 aliphatic rings. The summed E-state index contributed by atoms with van der Waals surface area (Å²) in [7, 11) is 0. The summed E-state index contributed by atoms with van der Waals surface area (Å²) in [5, 5.41) is 5.40. The van der Waals surface area contributed by atoms with E-state index >= 15 is 0 Å². The second kappa shape index (κ2) is 8.44. The summed E-state index contributed by atoms with van der Waals surface area (Å²) < 4.78 is 0. The fraction of sp³-hybridized carbons (Fsp3) is 0.348. The summed E-state index contributed by atoms with van der Waals surface area (Å²) in [4.78, 5) is 27.8. The number of piperidine rings is 1. The predicted octanol–water partition coefficient (Wildman–Crippen LogP) is 3.96. The van der Waals surface area contributed by atoms with Crippen molar-refractivity contribution >= 4 is 34.6 Å². The molecule has 0 bridgehead atoms. The van der Waals surface area contributed by atoms with Crippen LogP contribution in [0.3, 0.4) is 0 Å². The van der Waals surface area contributed by atoms with Gasteiger partial charge < -0.3 is 15.1 Å². The highest BCUT2D eigenvalue weighted by Gasteiger charge is 2.28. The number of para-hydroxylation sites is 2. The number of carbonyl (C=O) groups is 1. The third-order valence-corrected chi connectivity index (χ3v) is 6.96. The van der Waals surface area contributed by atoms with Crippen molar-refractivity contribution < 1.29 is 4.79 Å². The molecule has 1 unspecified atom stereocenters. The Kier molecular flexibility index (Phi) is 5.36. The highest BCUT2D eigenvalue weighted by Crippen LogP contribution is 2.33. The Hall–Kier alpha value is -2.93. The van der Waals surface area contributed by atoms with Crippen LogP contribution in [0.1, 0.15) is 23.3 Å². The van der Waals surface area contributed by atoms with E-state index in [2.05, 4.69) is 42.6 Å². The van der Waals surface area contributed by atoms with Gasteiger partial charge in [0.15, 0.2) is 0 Å². The van der Waals surface area contributed by atoms with E-state index in [1.807, 2.05) is 35.6 Å². The number of nitrogens with zero attached hydrogens (tertiary/aromatic N) is 4. The van der Waals surface area contributed by atoms with Gasteiger partial charge in [-0.05, 0) is 54.5 Å². The number of benzene rings is 1. The second-order valence-electron chi connectivity index (χ2n) is 7.88. The fourth-order valence-electron chi connectivity index (χ4n) is 4.37. The van der Waals surface area contributed by atoms with Gasteiger partial charge in [0, 0.05) is 43.4 Å². The molecule has 1 N–H and O–H groups in total. The number of hydrogen-bond acceptors (Lipinski definition) is 6. The number of anilines is 3. The molecule has 30 heavy (non-hydrogen) atoms. The van der Waals surface area contributed by atoms with Gasteiger partial charge in [0.1, 0.15) is 0 Å². The summed E-state index contributed by atoms with van der Waals surface area (Å²) in [5.74, 6) is 0.715. The molecule has 3 aromatic rings. The molecule has 4 heterocycles. The maximum Gasteiger partial charge on any atom is 0.229 e. The van der Waals surface area contributed by atoms with Crippen LogP contribution >= 0.6 is 11.3 Å². The minimum Gasteiger partial charge on any atom is -0.365 e. The van der Waals surface area contributed by atoms with Crippen molar-refractivity contribution in [1.82, 2.24) is 9.97 Å². The normalized spacial score (nSPS) is 18.7. The number of rotatable bonds is 4. The maximum absolute atomic E-state index is 13.1. The SMILES string of the molecule is O=C(Nc1ccccc1N1CCc2sccc2C1)C1CCCN(c2ncccn2)C1. The van der Waals surface area contributed by atoms with Gasteiger partial charge in [0.05, 0.1) is 17.3 Å². The van der Waals surface area contributed by atoms with E-state index in [9.17, 15) is 4.79 Å². The minimum absolute atomic E-state index is 0.0690. The molecule has 154 valence electrons. The van der Waals surface area contributed by atoms with E-state index in [0.29, 0.717) is 12.5 Å². The molecule has 2 aromatic heterocycles. The van der Waals surface area contributed by atoms with E-state index in [4.69, 9.17) is 0 Å². The van der Waals surface area contributed by atoms with Crippen LogP contribution in [-0.4, -0.2) is 35.5 Å². The first-order valence-electron chi connectivity index (χ1n) is 10.5. The lowest BCUT2D eigenvalue weighted by Crippen LogP contribution is -2.41. The fourth-order valence-corrected chi connectivity index (χ4v) is 5.26. The average Bonchev–Trinajstić information content (AvgIpc) is 3.28. The Morgan fingerprint density at radius 1 is 1.07 bits per heavy atom. The topological polar surface area (TPSA) is 61.4 Å². The van der Waals surface area contributed by atoms with Crippen molar-refractivity contribution in [3.05, 3.63) is 64.6 Å². The number of nitrogens with one attached hydrogen (secondary N) is 1. The summed E-state index contributed by atoms with van der Waals surface area (Å²) in [6.07, 6.45) is 6.41. The lowest BCUT2D eigenvalue weighted by Gasteiger charge is -2.33. The standard InChI is InChI=1S/C23H25N5OS/c29-22(18-5-3-12-28(16-18)23-24-10-4-11-25-23)26-19-6-1-2-7-20(19)27-13-8-21-17(15-27)9-14-30-21/h1-2,4,6-7,9-11,14,18H,3,5,8,12-13,15-16H2,(H,26,29). The van der Waals surface area contributed by atoms with Crippen LogP contribution in [0.4, 0.5) is 17.3 Å². The van der Waals surface area contributed by atoms with Gasteiger partial charge in [0.25, 0.3) is 0 Å². The van der Waals surface area contributed by atoms with Crippen LogP contribution in [0.15, 0.2) is 54.2 Å². The molecule has 1 atom stereocenters. The van der Waals surface area contributed by atoms with E-state index in [0.717, 1.165) is 50.3 Å². The van der Waals surface area contributed by atoms with E-state index in [-0.39, 0.29) is 11.8 Å². The number of carbonyl (C=O) groups excluding carboxylic acids is 1. The molecule has 1 aromatic carbocycles. The van der Waals surface area contributed by atoms with Crippen LogP contribution in [0.5, 0.6) is 0 Å². The smallest absolute Gasteiger partial charge is 0.229 e. The molecule has 0 saturated carbocycles. The maximum atomic E-state index is 13.1. The number of hydrogen-bond donors (Lipinski definition) is 1. The lowest BCUT2D eigenvalue weighted by molar-refractivity contribution is -0.120. The number of fused-ring (bicyclic) bond motifs is 1. The average molecular weight is 420 g/mol. The number of aromatic nitrogens is 2. The van der Waals surface area contributed by atoms with Crippen molar-refractivity contribution in [1.29, 1.82) is 0 Å².